The minimum Gasteiger partial charge on any atom is -0.324 e. The molecule has 0 aromatic heterocycles. The van der Waals surface area contributed by atoms with Crippen molar-refractivity contribution in [3.63, 3.8) is 0 Å². The molecule has 3 unspecified atom stereocenters. The fraction of sp³-hybridized carbons (Fsp3) is 0.600. The zero-order chi connectivity index (χ0) is 15.6. The minimum atomic E-state index is -3.43. The summed E-state index contributed by atoms with van der Waals surface area (Å²) in [5.74, 6) is 0. The van der Waals surface area contributed by atoms with Gasteiger partial charge in [0.2, 0.25) is 10.0 Å². The molecule has 0 saturated carbocycles. The van der Waals surface area contributed by atoms with Crippen molar-refractivity contribution < 1.29 is 8.42 Å². The number of nitrogens with zero attached hydrogens (tertiary/aromatic N) is 1. The Labute approximate surface area is 132 Å². The van der Waals surface area contributed by atoms with Gasteiger partial charge in [-0.1, -0.05) is 32.9 Å². The second-order valence-corrected chi connectivity index (χ2v) is 9.49. The molecule has 1 aromatic rings. The highest BCUT2D eigenvalue weighted by atomic mass is 32.2. The first-order valence-electron chi connectivity index (χ1n) is 7.35. The average molecular weight is 329 g/mol. The molecule has 1 fully saturated rings. The summed E-state index contributed by atoms with van der Waals surface area (Å²) in [5.41, 5.74) is 6.90. The second-order valence-electron chi connectivity index (χ2n) is 5.67. The van der Waals surface area contributed by atoms with E-state index in [2.05, 4.69) is 13.8 Å². The first-order valence-corrected chi connectivity index (χ1v) is 9.74. The van der Waals surface area contributed by atoms with Gasteiger partial charge in [-0.15, -0.1) is 0 Å². The number of nitrogens with two attached hydrogens (primary N) is 1. The van der Waals surface area contributed by atoms with Crippen molar-refractivity contribution in [3.8, 4) is 0 Å². The van der Waals surface area contributed by atoms with Crippen LogP contribution in [0.25, 0.3) is 0 Å². The van der Waals surface area contributed by atoms with Gasteiger partial charge in [0, 0.05) is 29.6 Å². The standard InChI is InChI=1S/C15H24N2O2S2/c1-4-15(16)13-6-5-7-14(8-13)21(18,19)17-9-11(2)20-12(3)10-17/h5-8,11-12,15H,4,9-10,16H2,1-3H3. The summed E-state index contributed by atoms with van der Waals surface area (Å²) in [6, 6.07) is 6.95. The van der Waals surface area contributed by atoms with E-state index in [1.54, 1.807) is 22.5 Å². The molecule has 1 aliphatic rings. The largest absolute Gasteiger partial charge is 0.324 e. The monoisotopic (exact) mass is 328 g/mol. The molecule has 6 heteroatoms. The van der Waals surface area contributed by atoms with Gasteiger partial charge in [0.15, 0.2) is 0 Å². The van der Waals surface area contributed by atoms with Crippen LogP contribution in [0.2, 0.25) is 0 Å². The fourth-order valence-electron chi connectivity index (χ4n) is 2.62. The molecule has 0 radical (unpaired) electrons. The molecule has 0 aliphatic carbocycles. The summed E-state index contributed by atoms with van der Waals surface area (Å²) < 4.78 is 27.2. The van der Waals surface area contributed by atoms with Gasteiger partial charge in [0.05, 0.1) is 4.90 Å². The number of thioether (sulfide) groups is 1. The van der Waals surface area contributed by atoms with Gasteiger partial charge in [0.25, 0.3) is 0 Å². The van der Waals surface area contributed by atoms with Crippen LogP contribution in [-0.4, -0.2) is 36.3 Å². The zero-order valence-corrected chi connectivity index (χ0v) is 14.5. The van der Waals surface area contributed by atoms with E-state index in [4.69, 9.17) is 5.73 Å². The van der Waals surface area contributed by atoms with E-state index in [0.717, 1.165) is 12.0 Å². The van der Waals surface area contributed by atoms with E-state index >= 15 is 0 Å². The smallest absolute Gasteiger partial charge is 0.243 e. The molecule has 2 N–H and O–H groups in total. The van der Waals surface area contributed by atoms with E-state index in [1.807, 2.05) is 24.8 Å². The lowest BCUT2D eigenvalue weighted by Gasteiger charge is -2.33. The molecule has 0 bridgehead atoms. The highest BCUT2D eigenvalue weighted by Crippen LogP contribution is 2.29. The van der Waals surface area contributed by atoms with Crippen LogP contribution in [0.1, 0.15) is 38.8 Å². The van der Waals surface area contributed by atoms with Crippen LogP contribution in [0.4, 0.5) is 0 Å². The van der Waals surface area contributed by atoms with Crippen LogP contribution >= 0.6 is 11.8 Å². The van der Waals surface area contributed by atoms with Gasteiger partial charge in [-0.25, -0.2) is 8.42 Å². The van der Waals surface area contributed by atoms with Crippen LogP contribution in [0, 0.1) is 0 Å². The van der Waals surface area contributed by atoms with Crippen molar-refractivity contribution in [2.24, 2.45) is 5.73 Å². The summed E-state index contributed by atoms with van der Waals surface area (Å²) in [6.07, 6.45) is 0.790. The molecule has 2 rings (SSSR count). The van der Waals surface area contributed by atoms with Crippen LogP contribution in [0.3, 0.4) is 0 Å². The maximum absolute atomic E-state index is 12.8. The SMILES string of the molecule is CCC(N)c1cccc(S(=O)(=O)N2CC(C)SC(C)C2)c1. The van der Waals surface area contributed by atoms with Crippen LogP contribution < -0.4 is 5.73 Å². The van der Waals surface area contributed by atoms with E-state index in [1.165, 1.54) is 0 Å². The maximum Gasteiger partial charge on any atom is 0.243 e. The quantitative estimate of drug-likeness (QED) is 0.923. The molecule has 1 aromatic carbocycles. The lowest BCUT2D eigenvalue weighted by atomic mass is 10.1. The third-order valence-electron chi connectivity index (χ3n) is 3.75. The van der Waals surface area contributed by atoms with Crippen molar-refractivity contribution in [1.29, 1.82) is 0 Å². The van der Waals surface area contributed by atoms with Crippen molar-refractivity contribution in [2.45, 2.75) is 48.6 Å². The first-order chi connectivity index (χ1) is 9.84. The molecule has 1 aliphatic heterocycles. The molecule has 1 heterocycles. The summed E-state index contributed by atoms with van der Waals surface area (Å²) in [4.78, 5) is 0.357. The van der Waals surface area contributed by atoms with Crippen LogP contribution in [0.5, 0.6) is 0 Å². The summed E-state index contributed by atoms with van der Waals surface area (Å²) in [7, 11) is -3.43. The minimum absolute atomic E-state index is 0.116. The lowest BCUT2D eigenvalue weighted by molar-refractivity contribution is 0.404. The Morgan fingerprint density at radius 3 is 2.52 bits per heavy atom. The Bertz CT molecular complexity index is 579. The zero-order valence-electron chi connectivity index (χ0n) is 12.8. The lowest BCUT2D eigenvalue weighted by Crippen LogP contribution is -2.43. The molecule has 4 nitrogen and oxygen atoms in total. The normalized spacial score (nSPS) is 25.7. The highest BCUT2D eigenvalue weighted by Gasteiger charge is 2.32. The van der Waals surface area contributed by atoms with Crippen molar-refractivity contribution in [3.05, 3.63) is 29.8 Å². The van der Waals surface area contributed by atoms with Crippen molar-refractivity contribution in [2.75, 3.05) is 13.1 Å². The second kappa shape index (κ2) is 6.69. The van der Waals surface area contributed by atoms with E-state index in [9.17, 15) is 8.42 Å². The van der Waals surface area contributed by atoms with Gasteiger partial charge in [-0.2, -0.15) is 16.1 Å². The number of hydrogen-bond acceptors (Lipinski definition) is 4. The van der Waals surface area contributed by atoms with Crippen molar-refractivity contribution >= 4 is 21.8 Å². The number of benzene rings is 1. The maximum atomic E-state index is 12.8. The third kappa shape index (κ3) is 3.80. The average Bonchev–Trinajstić information content (AvgIpc) is 2.45. The Kier molecular flexibility index (Phi) is 5.35. The molecule has 0 spiro atoms. The van der Waals surface area contributed by atoms with Gasteiger partial charge in [-0.3, -0.25) is 0 Å². The Hall–Kier alpha value is -0.560. The van der Waals surface area contributed by atoms with E-state index in [-0.39, 0.29) is 6.04 Å². The number of hydrogen-bond donors (Lipinski definition) is 1. The first kappa shape index (κ1) is 16.8. The van der Waals surface area contributed by atoms with Crippen LogP contribution in [0.15, 0.2) is 29.2 Å². The summed E-state index contributed by atoms with van der Waals surface area (Å²) in [5, 5.41) is 0.647. The predicted molar refractivity (Wildman–Crippen MR) is 88.9 cm³/mol. The molecule has 0 amide bonds. The fourth-order valence-corrected chi connectivity index (χ4v) is 5.80. The molecule has 118 valence electrons. The van der Waals surface area contributed by atoms with Gasteiger partial charge >= 0.3 is 0 Å². The summed E-state index contributed by atoms with van der Waals surface area (Å²) >= 11 is 1.84. The topological polar surface area (TPSA) is 63.4 Å². The molecular formula is C15H24N2O2S2. The summed E-state index contributed by atoms with van der Waals surface area (Å²) in [6.45, 7) is 7.29. The van der Waals surface area contributed by atoms with E-state index in [0.29, 0.717) is 28.5 Å². The highest BCUT2D eigenvalue weighted by molar-refractivity contribution is 8.00. The van der Waals surface area contributed by atoms with Gasteiger partial charge in [0.1, 0.15) is 0 Å². The Morgan fingerprint density at radius 2 is 1.95 bits per heavy atom. The molecule has 1 saturated heterocycles. The van der Waals surface area contributed by atoms with Gasteiger partial charge in [-0.05, 0) is 24.1 Å². The molecule has 21 heavy (non-hydrogen) atoms. The number of rotatable bonds is 4. The molecular weight excluding hydrogens is 304 g/mol. The molecule has 3 atom stereocenters. The predicted octanol–water partition coefficient (Wildman–Crippen LogP) is 2.61. The van der Waals surface area contributed by atoms with Crippen molar-refractivity contribution in [1.82, 2.24) is 4.31 Å². The Morgan fingerprint density at radius 1 is 1.33 bits per heavy atom. The van der Waals surface area contributed by atoms with E-state index < -0.39 is 10.0 Å². The van der Waals surface area contributed by atoms with Crippen LogP contribution in [-0.2, 0) is 10.0 Å². The Balaban J connectivity index is 2.31. The number of sulfonamides is 1. The third-order valence-corrected chi connectivity index (χ3v) is 6.80. The van der Waals surface area contributed by atoms with Gasteiger partial charge < -0.3 is 5.73 Å².